The summed E-state index contributed by atoms with van der Waals surface area (Å²) in [4.78, 5) is 22.5. The quantitative estimate of drug-likeness (QED) is 0.441. The molecule has 6 nitrogen and oxygen atoms in total. The van der Waals surface area contributed by atoms with Crippen LogP contribution in [0.3, 0.4) is 0 Å². The van der Waals surface area contributed by atoms with Gasteiger partial charge in [-0.15, -0.1) is 0 Å². The van der Waals surface area contributed by atoms with E-state index in [4.69, 9.17) is 0 Å². The molecular weight excluding hydrogens is 455 g/mol. The first-order chi connectivity index (χ1) is 17.5. The molecule has 1 saturated heterocycles. The predicted molar refractivity (Wildman–Crippen MR) is 139 cm³/mol. The van der Waals surface area contributed by atoms with E-state index < -0.39 is 6.04 Å². The molecule has 0 saturated carbocycles. The first kappa shape index (κ1) is 23.8. The van der Waals surface area contributed by atoms with Crippen LogP contribution in [0.2, 0.25) is 0 Å². The lowest BCUT2D eigenvalue weighted by molar-refractivity contribution is 0.207. The van der Waals surface area contributed by atoms with Crippen molar-refractivity contribution in [2.75, 3.05) is 31.1 Å². The number of aromatic nitrogens is 2. The number of aryl methyl sites for hydroxylation is 1. The smallest absolute Gasteiger partial charge is 0.259 e. The van der Waals surface area contributed by atoms with Crippen LogP contribution in [0.4, 0.5) is 10.1 Å². The highest BCUT2D eigenvalue weighted by atomic mass is 19.1. The first-order valence-electron chi connectivity index (χ1n) is 12.1. The second-order valence-electron chi connectivity index (χ2n) is 9.14. The third-order valence-electron chi connectivity index (χ3n) is 6.87. The molecule has 1 aliphatic rings. The van der Waals surface area contributed by atoms with E-state index in [0.717, 1.165) is 29.9 Å². The van der Waals surface area contributed by atoms with Gasteiger partial charge in [-0.1, -0.05) is 30.3 Å². The number of rotatable bonds is 6. The molecule has 36 heavy (non-hydrogen) atoms. The van der Waals surface area contributed by atoms with Gasteiger partial charge in [0.2, 0.25) is 0 Å². The summed E-state index contributed by atoms with van der Waals surface area (Å²) in [6, 6.07) is 21.4. The van der Waals surface area contributed by atoms with Crippen LogP contribution >= 0.6 is 0 Å². The third-order valence-corrected chi connectivity index (χ3v) is 6.87. The van der Waals surface area contributed by atoms with Crippen molar-refractivity contribution < 1.29 is 9.50 Å². The van der Waals surface area contributed by atoms with Gasteiger partial charge in [0.05, 0.1) is 18.2 Å². The summed E-state index contributed by atoms with van der Waals surface area (Å²) in [6.45, 7) is 5.07. The Kier molecular flexibility index (Phi) is 6.82. The highest BCUT2D eigenvalue weighted by Gasteiger charge is 2.31. The fourth-order valence-electron chi connectivity index (χ4n) is 4.98. The van der Waals surface area contributed by atoms with Crippen molar-refractivity contribution in [3.05, 3.63) is 124 Å². The first-order valence-corrected chi connectivity index (χ1v) is 12.1. The van der Waals surface area contributed by atoms with Crippen LogP contribution in [0.5, 0.6) is 5.75 Å². The lowest BCUT2D eigenvalue weighted by Crippen LogP contribution is -2.49. The number of benzene rings is 2. The summed E-state index contributed by atoms with van der Waals surface area (Å²) in [5, 5.41) is 11.1. The summed E-state index contributed by atoms with van der Waals surface area (Å²) >= 11 is 0. The van der Waals surface area contributed by atoms with Gasteiger partial charge >= 0.3 is 0 Å². The second kappa shape index (κ2) is 10.3. The molecule has 3 heterocycles. The molecule has 1 aliphatic heterocycles. The fraction of sp³-hybridized carbons (Fsp3) is 0.241. The normalized spacial score (nSPS) is 15.1. The number of anilines is 1. The molecule has 0 amide bonds. The van der Waals surface area contributed by atoms with Crippen LogP contribution < -0.4 is 10.5 Å². The van der Waals surface area contributed by atoms with Crippen molar-refractivity contribution in [2.24, 2.45) is 0 Å². The zero-order valence-electron chi connectivity index (χ0n) is 20.2. The van der Waals surface area contributed by atoms with E-state index in [0.29, 0.717) is 30.9 Å². The molecule has 2 aromatic carbocycles. The molecule has 184 valence electrons. The van der Waals surface area contributed by atoms with Crippen LogP contribution in [-0.4, -0.2) is 45.7 Å². The number of pyridine rings is 2. The molecule has 2 aromatic heterocycles. The highest BCUT2D eigenvalue weighted by Crippen LogP contribution is 2.33. The van der Waals surface area contributed by atoms with Gasteiger partial charge in [-0.3, -0.25) is 14.7 Å². The molecule has 0 radical (unpaired) electrons. The maximum absolute atomic E-state index is 13.9. The van der Waals surface area contributed by atoms with Crippen molar-refractivity contribution in [1.82, 2.24) is 14.5 Å². The van der Waals surface area contributed by atoms with Crippen molar-refractivity contribution >= 4 is 5.69 Å². The minimum absolute atomic E-state index is 0.00425. The van der Waals surface area contributed by atoms with Gasteiger partial charge in [0.1, 0.15) is 11.6 Å². The van der Waals surface area contributed by atoms with Gasteiger partial charge in [-0.25, -0.2) is 4.39 Å². The Labute approximate surface area is 209 Å². The number of piperazine rings is 1. The molecule has 1 N–H and O–H groups in total. The fourth-order valence-corrected chi connectivity index (χ4v) is 4.98. The van der Waals surface area contributed by atoms with Crippen LogP contribution in [0.25, 0.3) is 0 Å². The lowest BCUT2D eigenvalue weighted by atomic mass is 9.96. The average molecular weight is 485 g/mol. The summed E-state index contributed by atoms with van der Waals surface area (Å²) in [6.07, 6.45) is 3.43. The highest BCUT2D eigenvalue weighted by molar-refractivity contribution is 5.47. The molecule has 1 atom stereocenters. The maximum Gasteiger partial charge on any atom is 0.259 e. The Balaban J connectivity index is 1.50. The molecule has 0 spiro atoms. The van der Waals surface area contributed by atoms with Crippen molar-refractivity contribution in [3.63, 3.8) is 0 Å². The molecule has 1 fully saturated rings. The summed E-state index contributed by atoms with van der Waals surface area (Å²) in [5.41, 5.74) is 3.78. The van der Waals surface area contributed by atoms with Crippen molar-refractivity contribution in [3.8, 4) is 5.75 Å². The maximum atomic E-state index is 13.9. The molecule has 7 heteroatoms. The van der Waals surface area contributed by atoms with Crippen molar-refractivity contribution in [2.45, 2.75) is 19.5 Å². The summed E-state index contributed by atoms with van der Waals surface area (Å²) < 4.78 is 15.1. The van der Waals surface area contributed by atoms with Gasteiger partial charge < -0.3 is 14.6 Å². The Morgan fingerprint density at radius 3 is 2.28 bits per heavy atom. The third kappa shape index (κ3) is 4.88. The van der Waals surface area contributed by atoms with Gasteiger partial charge in [-0.05, 0) is 60.5 Å². The molecule has 0 unspecified atom stereocenters. The van der Waals surface area contributed by atoms with E-state index >= 15 is 0 Å². The van der Waals surface area contributed by atoms with Crippen LogP contribution in [-0.2, 0) is 6.54 Å². The van der Waals surface area contributed by atoms with Crippen LogP contribution in [0.1, 0.15) is 28.4 Å². The lowest BCUT2D eigenvalue weighted by Gasteiger charge is -2.40. The Morgan fingerprint density at radius 2 is 1.61 bits per heavy atom. The number of halogens is 1. The monoisotopic (exact) mass is 484 g/mol. The Bertz CT molecular complexity index is 1370. The summed E-state index contributed by atoms with van der Waals surface area (Å²) in [5.74, 6) is -0.249. The summed E-state index contributed by atoms with van der Waals surface area (Å²) in [7, 11) is 0. The van der Waals surface area contributed by atoms with E-state index in [1.54, 1.807) is 35.2 Å². The van der Waals surface area contributed by atoms with Crippen LogP contribution in [0, 0.1) is 12.7 Å². The standard InChI is InChI=1S/C29H29FN4O2/c1-21-19-26(35)27(29(36)34(21)20-22-5-3-2-4-6-22)28(23-11-13-31-14-12-23)33-17-15-32(16-18-33)25-9-7-24(30)8-10-25/h2-14,19,28,35H,15-18,20H2,1H3/t28-/m1/s1. The van der Waals surface area contributed by atoms with E-state index in [-0.39, 0.29) is 17.1 Å². The number of aromatic hydroxyl groups is 1. The van der Waals surface area contributed by atoms with E-state index in [1.807, 2.05) is 49.4 Å². The minimum atomic E-state index is -0.418. The predicted octanol–water partition coefficient (Wildman–Crippen LogP) is 4.36. The molecule has 5 rings (SSSR count). The molecular formula is C29H29FN4O2. The molecule has 0 bridgehead atoms. The number of nitrogens with zero attached hydrogens (tertiary/aromatic N) is 4. The minimum Gasteiger partial charge on any atom is -0.507 e. The topological polar surface area (TPSA) is 61.6 Å². The second-order valence-corrected chi connectivity index (χ2v) is 9.14. The zero-order valence-corrected chi connectivity index (χ0v) is 20.2. The SMILES string of the molecule is Cc1cc(O)c([C@@H](c2ccncc2)N2CCN(c3ccc(F)cc3)CC2)c(=O)n1Cc1ccccc1. The van der Waals surface area contributed by atoms with E-state index in [9.17, 15) is 14.3 Å². The van der Waals surface area contributed by atoms with Gasteiger partial charge in [0, 0.05) is 50.0 Å². The largest absolute Gasteiger partial charge is 0.507 e. The van der Waals surface area contributed by atoms with Gasteiger partial charge in [-0.2, -0.15) is 0 Å². The molecule has 4 aromatic rings. The Morgan fingerprint density at radius 1 is 0.944 bits per heavy atom. The van der Waals surface area contributed by atoms with E-state index in [2.05, 4.69) is 14.8 Å². The number of hydrogen-bond acceptors (Lipinski definition) is 5. The van der Waals surface area contributed by atoms with Gasteiger partial charge in [0.15, 0.2) is 0 Å². The van der Waals surface area contributed by atoms with Crippen molar-refractivity contribution in [1.29, 1.82) is 0 Å². The van der Waals surface area contributed by atoms with Gasteiger partial charge in [0.25, 0.3) is 5.56 Å². The average Bonchev–Trinajstić information content (AvgIpc) is 2.91. The molecule has 0 aliphatic carbocycles. The van der Waals surface area contributed by atoms with E-state index in [1.165, 1.54) is 12.1 Å². The number of hydrogen-bond donors (Lipinski definition) is 1. The zero-order chi connectivity index (χ0) is 25.1. The van der Waals surface area contributed by atoms with Crippen LogP contribution in [0.15, 0.2) is 90.0 Å². The Hall–Kier alpha value is -3.97.